The van der Waals surface area contributed by atoms with Crippen LogP contribution in [0.2, 0.25) is 0 Å². The van der Waals surface area contributed by atoms with Gasteiger partial charge < -0.3 is 10.1 Å². The van der Waals surface area contributed by atoms with Crippen LogP contribution in [0.4, 0.5) is 4.39 Å². The van der Waals surface area contributed by atoms with Crippen LogP contribution in [0.15, 0.2) is 30.5 Å². The van der Waals surface area contributed by atoms with Crippen LogP contribution in [0, 0.1) is 5.95 Å². The minimum absolute atomic E-state index is 0.0626. The highest BCUT2D eigenvalue weighted by molar-refractivity contribution is 5.94. The zero-order chi connectivity index (χ0) is 12.7. The summed E-state index contributed by atoms with van der Waals surface area (Å²) < 4.78 is 18.3. The van der Waals surface area contributed by atoms with Crippen molar-refractivity contribution >= 4 is 5.91 Å². The third-order valence-electron chi connectivity index (χ3n) is 1.88. The Bertz CT molecular complexity index is 407. The van der Waals surface area contributed by atoms with Crippen LogP contribution >= 0.6 is 0 Å². The van der Waals surface area contributed by atoms with Crippen molar-refractivity contribution in [1.29, 1.82) is 0 Å². The van der Waals surface area contributed by atoms with Gasteiger partial charge in [-0.3, -0.25) is 4.79 Å². The Morgan fingerprint density at radius 1 is 1.65 bits per heavy atom. The van der Waals surface area contributed by atoms with E-state index < -0.39 is 11.9 Å². The summed E-state index contributed by atoms with van der Waals surface area (Å²) in [7, 11) is 0. The van der Waals surface area contributed by atoms with Gasteiger partial charge in [0, 0.05) is 12.7 Å². The van der Waals surface area contributed by atoms with Crippen LogP contribution in [-0.2, 0) is 4.74 Å². The zero-order valence-electron chi connectivity index (χ0n) is 9.70. The van der Waals surface area contributed by atoms with Gasteiger partial charge in [-0.15, -0.1) is 0 Å². The molecule has 5 heteroatoms. The number of pyridine rings is 1. The first-order chi connectivity index (χ1) is 8.11. The smallest absolute Gasteiger partial charge is 0.256 e. The predicted octanol–water partition coefficient (Wildman–Crippen LogP) is 1.54. The van der Waals surface area contributed by atoms with E-state index in [1.165, 1.54) is 18.3 Å². The van der Waals surface area contributed by atoms with Gasteiger partial charge in [-0.25, -0.2) is 4.98 Å². The number of amides is 1. The van der Waals surface area contributed by atoms with Gasteiger partial charge in [-0.05, 0) is 19.1 Å². The van der Waals surface area contributed by atoms with E-state index >= 15 is 0 Å². The van der Waals surface area contributed by atoms with Gasteiger partial charge in [-0.2, -0.15) is 4.39 Å². The number of rotatable bonds is 6. The molecule has 0 aliphatic carbocycles. The summed E-state index contributed by atoms with van der Waals surface area (Å²) in [6.07, 6.45) is 1.29. The molecule has 0 fully saturated rings. The number of nitrogens with one attached hydrogen (secondary N) is 1. The highest BCUT2D eigenvalue weighted by Crippen LogP contribution is 2.02. The van der Waals surface area contributed by atoms with Gasteiger partial charge in [0.25, 0.3) is 5.91 Å². The molecular formula is C12H15FN2O2. The lowest BCUT2D eigenvalue weighted by atomic mass is 10.2. The molecular weight excluding hydrogens is 223 g/mol. The fourth-order valence-corrected chi connectivity index (χ4v) is 1.13. The fraction of sp³-hybridized carbons (Fsp3) is 0.333. The van der Waals surface area contributed by atoms with Gasteiger partial charge in [0.2, 0.25) is 5.95 Å². The average Bonchev–Trinajstić information content (AvgIpc) is 2.28. The number of nitrogens with zero attached hydrogens (tertiary/aromatic N) is 1. The summed E-state index contributed by atoms with van der Waals surface area (Å²) in [4.78, 5) is 14.9. The van der Waals surface area contributed by atoms with E-state index in [0.717, 1.165) is 5.57 Å². The largest absolute Gasteiger partial charge is 0.375 e. The highest BCUT2D eigenvalue weighted by Gasteiger charge is 2.10. The van der Waals surface area contributed by atoms with Crippen LogP contribution in [0.1, 0.15) is 17.3 Å². The molecule has 0 aromatic carbocycles. The van der Waals surface area contributed by atoms with Crippen LogP contribution in [0.25, 0.3) is 0 Å². The summed E-state index contributed by atoms with van der Waals surface area (Å²) in [5.41, 5.74) is 0.849. The quantitative estimate of drug-likeness (QED) is 0.464. The van der Waals surface area contributed by atoms with Gasteiger partial charge in [0.1, 0.15) is 0 Å². The minimum Gasteiger partial charge on any atom is -0.375 e. The van der Waals surface area contributed by atoms with E-state index in [1.807, 2.05) is 6.92 Å². The van der Waals surface area contributed by atoms with E-state index in [2.05, 4.69) is 16.9 Å². The van der Waals surface area contributed by atoms with Crippen molar-refractivity contribution in [3.05, 3.63) is 42.0 Å². The van der Waals surface area contributed by atoms with E-state index in [0.29, 0.717) is 19.8 Å². The summed E-state index contributed by atoms with van der Waals surface area (Å²) in [5, 5.41) is 2.54. The Kier molecular flexibility index (Phi) is 5.29. The fourth-order valence-electron chi connectivity index (χ4n) is 1.13. The first-order valence-corrected chi connectivity index (χ1v) is 5.22. The second-order valence-electron chi connectivity index (χ2n) is 3.61. The molecule has 1 amide bonds. The van der Waals surface area contributed by atoms with Crippen molar-refractivity contribution in [3.8, 4) is 0 Å². The molecule has 0 radical (unpaired) electrons. The number of aromatic nitrogens is 1. The maximum Gasteiger partial charge on any atom is 0.256 e. The first-order valence-electron chi connectivity index (χ1n) is 5.22. The molecule has 0 atom stereocenters. The van der Waals surface area contributed by atoms with Gasteiger partial charge in [0.15, 0.2) is 0 Å². The first kappa shape index (κ1) is 13.3. The summed E-state index contributed by atoms with van der Waals surface area (Å²) >= 11 is 0. The number of hydrogen-bond donors (Lipinski definition) is 1. The molecule has 1 heterocycles. The Balaban J connectivity index is 2.31. The van der Waals surface area contributed by atoms with E-state index in [9.17, 15) is 9.18 Å². The van der Waals surface area contributed by atoms with Crippen LogP contribution < -0.4 is 5.32 Å². The van der Waals surface area contributed by atoms with Gasteiger partial charge >= 0.3 is 0 Å². The third-order valence-corrected chi connectivity index (χ3v) is 1.88. The maximum absolute atomic E-state index is 13.1. The van der Waals surface area contributed by atoms with E-state index in [-0.39, 0.29) is 5.56 Å². The van der Waals surface area contributed by atoms with Crippen molar-refractivity contribution in [2.24, 2.45) is 0 Å². The molecule has 17 heavy (non-hydrogen) atoms. The van der Waals surface area contributed by atoms with Crippen molar-refractivity contribution in [2.75, 3.05) is 19.8 Å². The Morgan fingerprint density at radius 2 is 2.41 bits per heavy atom. The van der Waals surface area contributed by atoms with Crippen molar-refractivity contribution in [1.82, 2.24) is 10.3 Å². The number of carbonyl (C=O) groups excluding carboxylic acids is 1. The molecule has 0 unspecified atom stereocenters. The lowest BCUT2D eigenvalue weighted by Gasteiger charge is -2.06. The second kappa shape index (κ2) is 6.75. The van der Waals surface area contributed by atoms with Gasteiger partial charge in [-0.1, -0.05) is 12.2 Å². The van der Waals surface area contributed by atoms with E-state index in [1.54, 1.807) is 0 Å². The zero-order valence-corrected chi connectivity index (χ0v) is 9.70. The van der Waals surface area contributed by atoms with Gasteiger partial charge in [0.05, 0.1) is 18.8 Å². The highest BCUT2D eigenvalue weighted by atomic mass is 19.1. The SMILES string of the molecule is C=C(C)COCCNC(=O)c1cccnc1F. The minimum atomic E-state index is -0.771. The average molecular weight is 238 g/mol. The molecule has 0 saturated heterocycles. The molecule has 1 aromatic rings. The molecule has 0 saturated carbocycles. The number of hydrogen-bond acceptors (Lipinski definition) is 3. The predicted molar refractivity (Wildman–Crippen MR) is 62.2 cm³/mol. The van der Waals surface area contributed by atoms with Crippen LogP contribution in [0.5, 0.6) is 0 Å². The second-order valence-corrected chi connectivity index (χ2v) is 3.61. The van der Waals surface area contributed by atoms with Crippen molar-refractivity contribution < 1.29 is 13.9 Å². The van der Waals surface area contributed by atoms with Crippen LogP contribution in [0.3, 0.4) is 0 Å². The van der Waals surface area contributed by atoms with E-state index in [4.69, 9.17) is 4.74 Å². The molecule has 1 rings (SSSR count). The normalized spacial score (nSPS) is 10.0. The van der Waals surface area contributed by atoms with Crippen molar-refractivity contribution in [3.63, 3.8) is 0 Å². The summed E-state index contributed by atoms with van der Waals surface area (Å²) in [5.74, 6) is -1.26. The molecule has 0 aliphatic rings. The lowest BCUT2D eigenvalue weighted by Crippen LogP contribution is -2.28. The topological polar surface area (TPSA) is 51.2 Å². The number of halogens is 1. The lowest BCUT2D eigenvalue weighted by molar-refractivity contribution is 0.0922. The maximum atomic E-state index is 13.1. The Hall–Kier alpha value is -1.75. The molecule has 1 N–H and O–H groups in total. The molecule has 92 valence electrons. The Labute approximate surface area is 99.5 Å². The Morgan fingerprint density at radius 3 is 3.06 bits per heavy atom. The third kappa shape index (κ3) is 4.74. The molecule has 0 aliphatic heterocycles. The monoisotopic (exact) mass is 238 g/mol. The summed E-state index contributed by atoms with van der Waals surface area (Å²) in [6.45, 7) is 6.66. The molecule has 0 spiro atoms. The molecule has 4 nitrogen and oxygen atoms in total. The molecule has 1 aromatic heterocycles. The van der Waals surface area contributed by atoms with Crippen molar-refractivity contribution in [2.45, 2.75) is 6.92 Å². The molecule has 0 bridgehead atoms. The number of carbonyl (C=O) groups is 1. The standard InChI is InChI=1S/C12H15FN2O2/c1-9(2)8-17-7-6-15-12(16)10-4-3-5-14-11(10)13/h3-5H,1,6-8H2,2H3,(H,15,16). The summed E-state index contributed by atoms with van der Waals surface area (Å²) in [6, 6.07) is 2.89. The van der Waals surface area contributed by atoms with Crippen LogP contribution in [-0.4, -0.2) is 30.6 Å². The number of ether oxygens (including phenoxy) is 1.